The van der Waals surface area contributed by atoms with E-state index in [1.54, 1.807) is 7.11 Å². The number of piperazine rings is 1. The largest absolute Gasteiger partial charge is 0.496 e. The maximum Gasteiger partial charge on any atom is 0.122 e. The van der Waals surface area contributed by atoms with Crippen molar-refractivity contribution in [3.8, 4) is 5.75 Å². The Balaban J connectivity index is 1.99. The van der Waals surface area contributed by atoms with Crippen LogP contribution in [0.2, 0.25) is 0 Å². The summed E-state index contributed by atoms with van der Waals surface area (Å²) in [6.45, 7) is 14.8. The van der Waals surface area contributed by atoms with E-state index in [1.165, 1.54) is 24.2 Å². The van der Waals surface area contributed by atoms with E-state index < -0.39 is 0 Å². The molecule has 0 amide bonds. The van der Waals surface area contributed by atoms with Gasteiger partial charge in [-0.3, -0.25) is 9.80 Å². The Bertz CT molecular complexity index is 465. The van der Waals surface area contributed by atoms with Crippen LogP contribution in [0.4, 0.5) is 0 Å². The number of hydrogen-bond donors (Lipinski definition) is 0. The minimum atomic E-state index is 0.554. The summed E-state index contributed by atoms with van der Waals surface area (Å²) in [5.41, 5.74) is 2.69. The molecule has 3 nitrogen and oxygen atoms in total. The fraction of sp³-hybridized carbons (Fsp3) is 0.684. The quantitative estimate of drug-likeness (QED) is 0.796. The molecular formula is C19H32N2O. The maximum absolute atomic E-state index is 5.62. The average Bonchev–Trinajstić information content (AvgIpc) is 2.54. The second-order valence-electron chi connectivity index (χ2n) is 6.79. The topological polar surface area (TPSA) is 15.7 Å². The molecule has 1 saturated heterocycles. The molecule has 1 heterocycles. The third kappa shape index (κ3) is 4.23. The lowest BCUT2D eigenvalue weighted by Crippen LogP contribution is -2.48. The van der Waals surface area contributed by atoms with Crippen LogP contribution in [0.3, 0.4) is 0 Å². The van der Waals surface area contributed by atoms with E-state index in [1.807, 2.05) is 0 Å². The van der Waals surface area contributed by atoms with Gasteiger partial charge in [0.15, 0.2) is 0 Å². The van der Waals surface area contributed by atoms with Gasteiger partial charge < -0.3 is 4.74 Å². The number of methoxy groups -OCH3 is 1. The molecule has 1 atom stereocenters. The van der Waals surface area contributed by atoms with Crippen molar-refractivity contribution in [2.45, 2.75) is 52.6 Å². The van der Waals surface area contributed by atoms with Gasteiger partial charge in [-0.2, -0.15) is 0 Å². The Kier molecular flexibility index (Phi) is 6.27. The third-order valence-electron chi connectivity index (χ3n) is 4.98. The monoisotopic (exact) mass is 304 g/mol. The molecule has 0 aliphatic carbocycles. The highest BCUT2D eigenvalue weighted by Crippen LogP contribution is 2.30. The first kappa shape index (κ1) is 17.3. The normalized spacial score (nSPS) is 18.6. The smallest absolute Gasteiger partial charge is 0.122 e. The number of nitrogens with zero attached hydrogens (tertiary/aromatic N) is 2. The van der Waals surface area contributed by atoms with Crippen molar-refractivity contribution in [3.05, 3.63) is 29.3 Å². The van der Waals surface area contributed by atoms with Crippen molar-refractivity contribution < 1.29 is 4.74 Å². The minimum Gasteiger partial charge on any atom is -0.496 e. The van der Waals surface area contributed by atoms with Crippen LogP contribution in [-0.2, 0) is 6.54 Å². The summed E-state index contributed by atoms with van der Waals surface area (Å²) in [5, 5.41) is 0. The zero-order chi connectivity index (χ0) is 16.1. The first-order valence-electron chi connectivity index (χ1n) is 8.68. The van der Waals surface area contributed by atoms with Gasteiger partial charge in [0.05, 0.1) is 7.11 Å². The molecule has 0 aromatic heterocycles. The Labute approximate surface area is 136 Å². The first-order chi connectivity index (χ1) is 10.5. The van der Waals surface area contributed by atoms with Gasteiger partial charge in [-0.15, -0.1) is 0 Å². The van der Waals surface area contributed by atoms with Gasteiger partial charge >= 0.3 is 0 Å². The van der Waals surface area contributed by atoms with Crippen molar-refractivity contribution >= 4 is 0 Å². The third-order valence-corrected chi connectivity index (χ3v) is 4.98. The van der Waals surface area contributed by atoms with Crippen LogP contribution in [-0.4, -0.2) is 49.1 Å². The summed E-state index contributed by atoms with van der Waals surface area (Å²) < 4.78 is 5.62. The molecule has 124 valence electrons. The highest BCUT2D eigenvalue weighted by molar-refractivity contribution is 5.39. The van der Waals surface area contributed by atoms with Crippen LogP contribution in [0, 0.1) is 0 Å². The predicted molar refractivity (Wildman–Crippen MR) is 93.7 cm³/mol. The van der Waals surface area contributed by atoms with E-state index in [0.717, 1.165) is 31.8 Å². The van der Waals surface area contributed by atoms with Gasteiger partial charge in [-0.1, -0.05) is 26.0 Å². The summed E-state index contributed by atoms with van der Waals surface area (Å²) in [6, 6.07) is 7.43. The Morgan fingerprint density at radius 1 is 1.09 bits per heavy atom. The van der Waals surface area contributed by atoms with E-state index in [2.05, 4.69) is 55.7 Å². The van der Waals surface area contributed by atoms with Crippen molar-refractivity contribution in [1.82, 2.24) is 9.80 Å². The van der Waals surface area contributed by atoms with Gasteiger partial charge in [0, 0.05) is 38.8 Å². The van der Waals surface area contributed by atoms with Crippen molar-refractivity contribution in [2.75, 3.05) is 33.3 Å². The molecule has 3 heteroatoms. The highest BCUT2D eigenvalue weighted by Gasteiger charge is 2.19. The van der Waals surface area contributed by atoms with Crippen LogP contribution in [0.25, 0.3) is 0 Å². The average molecular weight is 304 g/mol. The summed E-state index contributed by atoms with van der Waals surface area (Å²) in [4.78, 5) is 5.11. The van der Waals surface area contributed by atoms with E-state index in [-0.39, 0.29) is 0 Å². The minimum absolute atomic E-state index is 0.554. The predicted octanol–water partition coefficient (Wildman–Crippen LogP) is 3.73. The van der Waals surface area contributed by atoms with Crippen LogP contribution in [0.5, 0.6) is 5.75 Å². The highest BCUT2D eigenvalue weighted by atomic mass is 16.5. The SMILES string of the molecule is CCC(C)c1ccc(CN2CCN(C(C)C)CC2)cc1OC. The van der Waals surface area contributed by atoms with Gasteiger partial charge in [0.1, 0.15) is 5.75 Å². The second-order valence-corrected chi connectivity index (χ2v) is 6.79. The summed E-state index contributed by atoms with van der Waals surface area (Å²) in [6.07, 6.45) is 1.15. The van der Waals surface area contributed by atoms with Crippen molar-refractivity contribution in [1.29, 1.82) is 0 Å². The number of benzene rings is 1. The van der Waals surface area contributed by atoms with Gasteiger partial charge in [0.25, 0.3) is 0 Å². The Morgan fingerprint density at radius 2 is 1.77 bits per heavy atom. The molecule has 1 fully saturated rings. The first-order valence-corrected chi connectivity index (χ1v) is 8.68. The number of hydrogen-bond acceptors (Lipinski definition) is 3. The molecule has 1 aromatic rings. The summed E-state index contributed by atoms with van der Waals surface area (Å²) >= 11 is 0. The molecule has 0 radical (unpaired) electrons. The molecule has 1 aromatic carbocycles. The zero-order valence-electron chi connectivity index (χ0n) is 14.9. The van der Waals surface area contributed by atoms with E-state index in [9.17, 15) is 0 Å². The van der Waals surface area contributed by atoms with Crippen LogP contribution in [0.1, 0.15) is 51.2 Å². The second kappa shape index (κ2) is 7.98. The summed E-state index contributed by atoms with van der Waals surface area (Å²) in [5.74, 6) is 1.60. The molecule has 1 aliphatic rings. The van der Waals surface area contributed by atoms with Crippen LogP contribution < -0.4 is 4.74 Å². The molecule has 0 bridgehead atoms. The molecular weight excluding hydrogens is 272 g/mol. The Morgan fingerprint density at radius 3 is 2.32 bits per heavy atom. The van der Waals surface area contributed by atoms with Crippen LogP contribution >= 0.6 is 0 Å². The molecule has 1 aliphatic heterocycles. The lowest BCUT2D eigenvalue weighted by molar-refractivity contribution is 0.104. The van der Waals surface area contributed by atoms with Gasteiger partial charge in [0.2, 0.25) is 0 Å². The zero-order valence-corrected chi connectivity index (χ0v) is 14.9. The molecule has 0 spiro atoms. The van der Waals surface area contributed by atoms with E-state index in [0.29, 0.717) is 12.0 Å². The van der Waals surface area contributed by atoms with E-state index in [4.69, 9.17) is 4.74 Å². The Hall–Kier alpha value is -1.06. The lowest BCUT2D eigenvalue weighted by atomic mass is 9.96. The standard InChI is InChI=1S/C19H32N2O/c1-6-16(4)18-8-7-17(13-19(18)22-5)14-20-9-11-21(12-10-20)15(2)3/h7-8,13,15-16H,6,9-12,14H2,1-5H3. The van der Waals surface area contributed by atoms with Crippen molar-refractivity contribution in [2.24, 2.45) is 0 Å². The summed E-state index contributed by atoms with van der Waals surface area (Å²) in [7, 11) is 1.78. The fourth-order valence-corrected chi connectivity index (χ4v) is 3.18. The molecule has 0 saturated carbocycles. The maximum atomic E-state index is 5.62. The molecule has 2 rings (SSSR count). The van der Waals surface area contributed by atoms with Crippen LogP contribution in [0.15, 0.2) is 18.2 Å². The molecule has 1 unspecified atom stereocenters. The number of ether oxygens (including phenoxy) is 1. The van der Waals surface area contributed by atoms with Crippen molar-refractivity contribution in [3.63, 3.8) is 0 Å². The van der Waals surface area contributed by atoms with Gasteiger partial charge in [-0.05, 0) is 43.4 Å². The fourth-order valence-electron chi connectivity index (χ4n) is 3.18. The molecule has 22 heavy (non-hydrogen) atoms. The molecule has 0 N–H and O–H groups in total. The van der Waals surface area contributed by atoms with E-state index >= 15 is 0 Å². The number of rotatable bonds is 6. The lowest BCUT2D eigenvalue weighted by Gasteiger charge is -2.37. The van der Waals surface area contributed by atoms with Gasteiger partial charge in [-0.25, -0.2) is 0 Å².